The van der Waals surface area contributed by atoms with Gasteiger partial charge in [-0.2, -0.15) is 10.4 Å². The maximum atomic E-state index is 15.6. The Labute approximate surface area is 222 Å². The Hall–Kier alpha value is -3.48. The highest BCUT2D eigenvalue weighted by atomic mass is 19.1. The van der Waals surface area contributed by atoms with Crippen LogP contribution in [0.5, 0.6) is 0 Å². The van der Waals surface area contributed by atoms with Gasteiger partial charge in [0, 0.05) is 50.1 Å². The number of nitriles is 1. The number of benzene rings is 2. The summed E-state index contributed by atoms with van der Waals surface area (Å²) in [7, 11) is 1.73. The van der Waals surface area contributed by atoms with Gasteiger partial charge in [-0.3, -0.25) is 0 Å². The Bertz CT molecular complexity index is 1310. The zero-order valence-corrected chi connectivity index (χ0v) is 21.7. The van der Waals surface area contributed by atoms with Gasteiger partial charge in [0.1, 0.15) is 23.4 Å². The molecule has 0 radical (unpaired) electrons. The van der Waals surface area contributed by atoms with Gasteiger partial charge in [0.2, 0.25) is 0 Å². The Morgan fingerprint density at radius 2 is 1.89 bits per heavy atom. The molecule has 3 N–H and O–H groups in total. The molecular weight excluding hydrogens is 486 g/mol. The molecule has 1 aromatic heterocycles. The number of nitrogens with zero attached hydrogens (tertiary/aromatic N) is 4. The molecule has 9 heteroatoms. The Balaban J connectivity index is 1.44. The molecule has 200 valence electrons. The van der Waals surface area contributed by atoms with Crippen molar-refractivity contribution < 1.29 is 13.5 Å². The number of methoxy groups -OCH3 is 1. The third-order valence-corrected chi connectivity index (χ3v) is 7.79. The van der Waals surface area contributed by atoms with Gasteiger partial charge in [-0.15, -0.1) is 0 Å². The van der Waals surface area contributed by atoms with Crippen LogP contribution in [-0.4, -0.2) is 48.7 Å². The molecule has 1 aliphatic heterocycles. The van der Waals surface area contributed by atoms with E-state index in [1.54, 1.807) is 36.1 Å². The molecule has 2 aliphatic rings. The van der Waals surface area contributed by atoms with Crippen molar-refractivity contribution in [1.29, 1.82) is 5.26 Å². The fourth-order valence-corrected chi connectivity index (χ4v) is 5.58. The molecule has 2 fully saturated rings. The van der Waals surface area contributed by atoms with Crippen molar-refractivity contribution in [3.63, 3.8) is 0 Å². The second-order valence-corrected chi connectivity index (χ2v) is 10.4. The van der Waals surface area contributed by atoms with E-state index in [1.165, 1.54) is 12.1 Å². The number of ether oxygens (including phenoxy) is 1. The number of nitrogens with one attached hydrogen (secondary N) is 1. The number of hydrogen-bond acceptors (Lipinski definition) is 6. The smallest absolute Gasteiger partial charge is 0.151 e. The molecule has 0 unspecified atom stereocenters. The summed E-state index contributed by atoms with van der Waals surface area (Å²) < 4.78 is 37.0. The van der Waals surface area contributed by atoms with Gasteiger partial charge >= 0.3 is 0 Å². The second kappa shape index (κ2) is 11.5. The number of hydrogen-bond donors (Lipinski definition) is 2. The first-order chi connectivity index (χ1) is 18.4. The fourth-order valence-electron chi connectivity index (χ4n) is 5.58. The van der Waals surface area contributed by atoms with E-state index >= 15 is 4.39 Å². The lowest BCUT2D eigenvalue weighted by atomic mass is 9.86. The molecule has 2 atom stereocenters. The molecule has 1 saturated carbocycles. The summed E-state index contributed by atoms with van der Waals surface area (Å²) in [4.78, 5) is 2.17. The lowest BCUT2D eigenvalue weighted by Gasteiger charge is -2.33. The summed E-state index contributed by atoms with van der Waals surface area (Å²) in [6.07, 6.45) is 6.23. The minimum absolute atomic E-state index is 0.0312. The van der Waals surface area contributed by atoms with Crippen LogP contribution < -0.4 is 16.0 Å². The number of piperidine rings is 1. The first kappa shape index (κ1) is 26.1. The van der Waals surface area contributed by atoms with E-state index in [1.807, 2.05) is 12.1 Å². The van der Waals surface area contributed by atoms with Crippen LogP contribution in [0.1, 0.15) is 44.1 Å². The monoisotopic (exact) mass is 520 g/mol. The van der Waals surface area contributed by atoms with Gasteiger partial charge in [-0.05, 0) is 68.4 Å². The highest BCUT2D eigenvalue weighted by Gasteiger charge is 2.23. The normalized spacial score (nSPS) is 20.3. The molecule has 7 nitrogen and oxygen atoms in total. The molecule has 38 heavy (non-hydrogen) atoms. The zero-order valence-electron chi connectivity index (χ0n) is 21.7. The SMILES string of the molecule is COC1CCN(c2ccc(-n3nc(-c4ccc(C#N)c(F)c4)cc3NC[C@H]3CCC[C@H](N)C3)c(F)c2)CC1. The van der Waals surface area contributed by atoms with Gasteiger partial charge in [-0.25, -0.2) is 13.5 Å². The van der Waals surface area contributed by atoms with Crippen molar-refractivity contribution in [2.24, 2.45) is 11.7 Å². The van der Waals surface area contributed by atoms with Crippen LogP contribution in [0.25, 0.3) is 16.9 Å². The number of aromatic nitrogens is 2. The minimum Gasteiger partial charge on any atom is -0.381 e. The van der Waals surface area contributed by atoms with Crippen LogP contribution in [0.4, 0.5) is 20.3 Å². The van der Waals surface area contributed by atoms with Crippen LogP contribution in [0, 0.1) is 28.9 Å². The van der Waals surface area contributed by atoms with Gasteiger partial charge in [0.15, 0.2) is 5.82 Å². The third-order valence-electron chi connectivity index (χ3n) is 7.79. The van der Waals surface area contributed by atoms with Gasteiger partial charge in [0.25, 0.3) is 0 Å². The molecule has 0 bridgehead atoms. The summed E-state index contributed by atoms with van der Waals surface area (Å²) in [6, 6.07) is 13.4. The average molecular weight is 521 g/mol. The van der Waals surface area contributed by atoms with Gasteiger partial charge in [0.05, 0.1) is 17.4 Å². The molecule has 0 spiro atoms. The van der Waals surface area contributed by atoms with E-state index in [4.69, 9.17) is 15.7 Å². The van der Waals surface area contributed by atoms with Crippen LogP contribution >= 0.6 is 0 Å². The molecule has 2 heterocycles. The molecule has 1 aliphatic carbocycles. The van der Waals surface area contributed by atoms with E-state index in [0.717, 1.165) is 57.3 Å². The molecule has 1 saturated heterocycles. The van der Waals surface area contributed by atoms with Gasteiger partial charge < -0.3 is 20.7 Å². The highest BCUT2D eigenvalue weighted by Crippen LogP contribution is 2.31. The number of anilines is 2. The maximum absolute atomic E-state index is 15.6. The van der Waals surface area contributed by atoms with Gasteiger partial charge in [-0.1, -0.05) is 12.5 Å². The van der Waals surface area contributed by atoms with Crippen molar-refractivity contribution in [3.05, 3.63) is 59.7 Å². The van der Waals surface area contributed by atoms with E-state index in [2.05, 4.69) is 15.3 Å². The second-order valence-electron chi connectivity index (χ2n) is 10.4. The fraction of sp³-hybridized carbons (Fsp3) is 0.448. The number of halogens is 2. The maximum Gasteiger partial charge on any atom is 0.151 e. The Morgan fingerprint density at radius 3 is 2.58 bits per heavy atom. The number of nitrogens with two attached hydrogens (primary N) is 1. The van der Waals surface area contributed by atoms with Crippen LogP contribution in [0.15, 0.2) is 42.5 Å². The highest BCUT2D eigenvalue weighted by molar-refractivity contribution is 5.66. The van der Waals surface area contributed by atoms with Crippen molar-refractivity contribution in [1.82, 2.24) is 9.78 Å². The van der Waals surface area contributed by atoms with E-state index in [0.29, 0.717) is 35.2 Å². The van der Waals surface area contributed by atoms with Crippen molar-refractivity contribution in [2.75, 3.05) is 37.0 Å². The zero-order chi connectivity index (χ0) is 26.6. The van der Waals surface area contributed by atoms with Crippen molar-refractivity contribution >= 4 is 11.5 Å². The van der Waals surface area contributed by atoms with Crippen molar-refractivity contribution in [2.45, 2.75) is 50.7 Å². The summed E-state index contributed by atoms with van der Waals surface area (Å²) in [5.41, 5.74) is 8.29. The third kappa shape index (κ3) is 5.66. The standard InChI is InChI=1S/C29H34F2N6O/c1-38-24-9-11-36(12-10-24)23-7-8-28(26(31)15-23)37-29(34-18-19-3-2-4-22(33)13-19)16-27(35-37)20-5-6-21(17-32)25(30)14-20/h5-8,14-16,19,22,24,34H,2-4,9-13,18,33H2,1H3/t19-,22-/m0/s1. The lowest BCUT2D eigenvalue weighted by molar-refractivity contribution is 0.0819. The van der Waals surface area contributed by atoms with E-state index < -0.39 is 5.82 Å². The predicted octanol–water partition coefficient (Wildman–Crippen LogP) is 5.23. The summed E-state index contributed by atoms with van der Waals surface area (Å²) >= 11 is 0. The molecule has 5 rings (SSSR count). The van der Waals surface area contributed by atoms with Crippen molar-refractivity contribution in [3.8, 4) is 23.0 Å². The largest absolute Gasteiger partial charge is 0.381 e. The first-order valence-electron chi connectivity index (χ1n) is 13.3. The molecule has 2 aromatic carbocycles. The van der Waals surface area contributed by atoms with E-state index in [-0.39, 0.29) is 23.5 Å². The Morgan fingerprint density at radius 1 is 1.08 bits per heavy atom. The van der Waals surface area contributed by atoms with Crippen LogP contribution in [0.3, 0.4) is 0 Å². The Kier molecular flexibility index (Phi) is 7.91. The summed E-state index contributed by atoms with van der Waals surface area (Å²) in [5.74, 6) is 0.0365. The summed E-state index contributed by atoms with van der Waals surface area (Å²) in [6.45, 7) is 2.31. The molecule has 0 amide bonds. The number of rotatable bonds is 7. The average Bonchev–Trinajstić information content (AvgIpc) is 3.36. The minimum atomic E-state index is -0.613. The quantitative estimate of drug-likeness (QED) is 0.443. The lowest BCUT2D eigenvalue weighted by Crippen LogP contribution is -2.36. The summed E-state index contributed by atoms with van der Waals surface area (Å²) in [5, 5.41) is 17.2. The molecular formula is C29H34F2N6O. The van der Waals surface area contributed by atoms with E-state index in [9.17, 15) is 4.39 Å². The topological polar surface area (TPSA) is 92.1 Å². The van der Waals surface area contributed by atoms with Crippen LogP contribution in [0.2, 0.25) is 0 Å². The first-order valence-corrected chi connectivity index (χ1v) is 13.3. The molecule has 3 aromatic rings. The predicted molar refractivity (Wildman–Crippen MR) is 144 cm³/mol. The van der Waals surface area contributed by atoms with Crippen LogP contribution in [-0.2, 0) is 4.74 Å².